The molecule has 1 unspecified atom stereocenters. The molecule has 0 aromatic rings. The van der Waals surface area contributed by atoms with Gasteiger partial charge in [-0.2, -0.15) is 4.79 Å². The van der Waals surface area contributed by atoms with Crippen LogP contribution >= 0.6 is 10.7 Å². The van der Waals surface area contributed by atoms with Crippen LogP contribution in [0.2, 0.25) is 0 Å². The molecule has 0 fully saturated rings. The van der Waals surface area contributed by atoms with Gasteiger partial charge in [-0.1, -0.05) is 18.2 Å². The minimum atomic E-state index is -3.97. The van der Waals surface area contributed by atoms with E-state index in [-0.39, 0.29) is 16.2 Å². The van der Waals surface area contributed by atoms with Crippen molar-refractivity contribution in [1.29, 1.82) is 0 Å². The Bertz CT molecular complexity index is 636. The fourth-order valence-corrected chi connectivity index (χ4v) is 3.04. The molecule has 0 radical (unpaired) electrons. The molecule has 0 amide bonds. The summed E-state index contributed by atoms with van der Waals surface area (Å²) in [7, 11) is 1.33. The summed E-state index contributed by atoms with van der Waals surface area (Å²) in [5.74, 6) is -1.16. The lowest BCUT2D eigenvalue weighted by Crippen LogP contribution is -2.29. The second-order valence-corrected chi connectivity index (χ2v) is 6.17. The Kier molecular flexibility index (Phi) is 2.87. The van der Waals surface area contributed by atoms with Gasteiger partial charge in [-0.3, -0.25) is 4.79 Å². The van der Waals surface area contributed by atoms with Crippen LogP contribution in [0.25, 0.3) is 5.53 Å². The second-order valence-electron chi connectivity index (χ2n) is 3.60. The molecule has 5 nitrogen and oxygen atoms in total. The van der Waals surface area contributed by atoms with Gasteiger partial charge in [0.2, 0.25) is 0 Å². The number of carbonyl (C=O) groups is 1. The third kappa shape index (κ3) is 2.02. The quantitative estimate of drug-likeness (QED) is 0.310. The normalized spacial score (nSPS) is 23.7. The first kappa shape index (κ1) is 12.0. The Morgan fingerprint density at radius 2 is 2.18 bits per heavy atom. The van der Waals surface area contributed by atoms with Gasteiger partial charge in [0, 0.05) is 28.2 Å². The molecule has 0 saturated carbocycles. The van der Waals surface area contributed by atoms with Gasteiger partial charge in [-0.25, -0.2) is 8.42 Å². The lowest BCUT2D eigenvalue weighted by atomic mass is 9.84. The van der Waals surface area contributed by atoms with E-state index in [4.69, 9.17) is 16.2 Å². The van der Waals surface area contributed by atoms with Crippen molar-refractivity contribution in [3.63, 3.8) is 0 Å². The molecule has 88 valence electrons. The van der Waals surface area contributed by atoms with Gasteiger partial charge in [0.05, 0.1) is 4.91 Å². The number of ketones is 1. The third-order valence-corrected chi connectivity index (χ3v) is 4.08. The Morgan fingerprint density at radius 1 is 1.47 bits per heavy atom. The van der Waals surface area contributed by atoms with Gasteiger partial charge < -0.3 is 5.53 Å². The molecule has 0 aliphatic heterocycles. The highest BCUT2D eigenvalue weighted by molar-refractivity contribution is 8.16. The minimum Gasteiger partial charge on any atom is -0.361 e. The van der Waals surface area contributed by atoms with Crippen molar-refractivity contribution in [2.45, 2.75) is 6.42 Å². The fraction of sp³-hybridized carbons (Fsp3) is 0.200. The molecular formula is C10H7ClN2O3S. The van der Waals surface area contributed by atoms with E-state index in [1.54, 1.807) is 18.2 Å². The number of hydrogen-bond donors (Lipinski definition) is 0. The fourth-order valence-electron chi connectivity index (χ4n) is 1.86. The van der Waals surface area contributed by atoms with Crippen LogP contribution in [-0.4, -0.2) is 24.7 Å². The average molecular weight is 271 g/mol. The Hall–Kier alpha value is -1.49. The number of Topliss-reactive ketones (excluding diaryl/α,β-unsaturated/α-hetero) is 1. The summed E-state index contributed by atoms with van der Waals surface area (Å²) in [6.45, 7) is 0. The number of rotatable bonds is 1. The zero-order valence-corrected chi connectivity index (χ0v) is 10.1. The third-order valence-electron chi connectivity index (χ3n) is 2.61. The molecule has 0 aromatic heterocycles. The Balaban J connectivity index is 2.70. The first-order valence-electron chi connectivity index (χ1n) is 4.75. The van der Waals surface area contributed by atoms with Gasteiger partial charge in [-0.05, 0) is 6.42 Å². The van der Waals surface area contributed by atoms with Crippen molar-refractivity contribution in [3.8, 4) is 0 Å². The van der Waals surface area contributed by atoms with Crippen molar-refractivity contribution in [1.82, 2.24) is 0 Å². The van der Waals surface area contributed by atoms with E-state index in [9.17, 15) is 13.2 Å². The van der Waals surface area contributed by atoms with Crippen LogP contribution < -0.4 is 0 Å². The molecule has 2 aliphatic rings. The van der Waals surface area contributed by atoms with Crippen molar-refractivity contribution < 1.29 is 18.0 Å². The lowest BCUT2D eigenvalue weighted by molar-refractivity contribution is -0.114. The van der Waals surface area contributed by atoms with E-state index < -0.39 is 20.8 Å². The highest BCUT2D eigenvalue weighted by atomic mass is 35.7. The summed E-state index contributed by atoms with van der Waals surface area (Å²) in [6.07, 6.45) is 6.49. The predicted molar refractivity (Wildman–Crippen MR) is 61.8 cm³/mol. The average Bonchev–Trinajstić information content (AvgIpc) is 2.28. The van der Waals surface area contributed by atoms with Crippen LogP contribution in [0, 0.1) is 5.92 Å². The maximum absolute atomic E-state index is 11.8. The first-order chi connectivity index (χ1) is 7.95. The summed E-state index contributed by atoms with van der Waals surface area (Å²) >= 11 is 0. The summed E-state index contributed by atoms with van der Waals surface area (Å²) in [6, 6.07) is 0. The summed E-state index contributed by atoms with van der Waals surface area (Å²) in [5.41, 5.74) is 8.64. The molecule has 0 spiro atoms. The molecule has 1 atom stereocenters. The highest BCUT2D eigenvalue weighted by Gasteiger charge is 2.40. The monoisotopic (exact) mass is 270 g/mol. The van der Waals surface area contributed by atoms with E-state index >= 15 is 0 Å². The smallest absolute Gasteiger partial charge is 0.361 e. The Morgan fingerprint density at radius 3 is 2.76 bits per heavy atom. The van der Waals surface area contributed by atoms with Crippen LogP contribution in [0.4, 0.5) is 0 Å². The van der Waals surface area contributed by atoms with E-state index in [1.807, 2.05) is 0 Å². The van der Waals surface area contributed by atoms with Gasteiger partial charge >= 0.3 is 5.71 Å². The lowest BCUT2D eigenvalue weighted by Gasteiger charge is -2.21. The molecular weight excluding hydrogens is 264 g/mol. The van der Waals surface area contributed by atoms with E-state index in [0.29, 0.717) is 6.42 Å². The zero-order chi connectivity index (χ0) is 12.6. The van der Waals surface area contributed by atoms with Crippen molar-refractivity contribution in [2.24, 2.45) is 5.92 Å². The molecule has 0 heterocycles. The molecule has 0 aromatic carbocycles. The number of fused-ring (bicyclic) bond motifs is 1. The van der Waals surface area contributed by atoms with Gasteiger partial charge in [0.1, 0.15) is 0 Å². The number of allylic oxidation sites excluding steroid dienone is 6. The summed E-state index contributed by atoms with van der Waals surface area (Å²) in [5, 5.41) is 0. The van der Waals surface area contributed by atoms with Crippen LogP contribution in [0.3, 0.4) is 0 Å². The van der Waals surface area contributed by atoms with Crippen LogP contribution in [-0.2, 0) is 13.8 Å². The molecule has 0 bridgehead atoms. The zero-order valence-electron chi connectivity index (χ0n) is 8.50. The molecule has 7 heteroatoms. The van der Waals surface area contributed by atoms with Gasteiger partial charge in [-0.15, -0.1) is 0 Å². The van der Waals surface area contributed by atoms with Crippen molar-refractivity contribution in [3.05, 3.63) is 40.3 Å². The van der Waals surface area contributed by atoms with Crippen LogP contribution in [0.15, 0.2) is 34.8 Å². The summed E-state index contributed by atoms with van der Waals surface area (Å²) < 4.78 is 22.8. The van der Waals surface area contributed by atoms with Gasteiger partial charge in [0.25, 0.3) is 14.8 Å². The maximum Gasteiger partial charge on any atom is 0.363 e. The standard InChI is InChI=1S/C10H7ClN2O3S/c11-17(15,16)9-5-8(13-12)10(14)7-4-2-1-3-6(7)9/h1,3-6H,2H2. The molecule has 2 aliphatic carbocycles. The number of hydrogen-bond acceptors (Lipinski definition) is 3. The maximum atomic E-state index is 11.8. The number of halogens is 1. The SMILES string of the molecule is [N-]=[N+]=C1C=C(S(=O)(=O)Cl)C2C=CCC=C2C1=O. The predicted octanol–water partition coefficient (Wildman–Crippen LogP) is 1.19. The van der Waals surface area contributed by atoms with Crippen molar-refractivity contribution in [2.75, 3.05) is 0 Å². The second kappa shape index (κ2) is 4.07. The molecule has 0 saturated heterocycles. The summed E-state index contributed by atoms with van der Waals surface area (Å²) in [4.78, 5) is 14.4. The molecule has 17 heavy (non-hydrogen) atoms. The van der Waals surface area contributed by atoms with Gasteiger partial charge in [0.15, 0.2) is 0 Å². The highest BCUT2D eigenvalue weighted by Crippen LogP contribution is 2.35. The van der Waals surface area contributed by atoms with E-state index in [1.165, 1.54) is 0 Å². The topological polar surface area (TPSA) is 87.6 Å². The van der Waals surface area contributed by atoms with E-state index in [2.05, 4.69) is 4.79 Å². The molecule has 0 N–H and O–H groups in total. The Labute approximate surface area is 102 Å². The number of carbonyl (C=O) groups excluding carboxylic acids is 1. The largest absolute Gasteiger partial charge is 0.363 e. The van der Waals surface area contributed by atoms with E-state index in [0.717, 1.165) is 6.08 Å². The minimum absolute atomic E-state index is 0.145. The molecule has 2 rings (SSSR count). The van der Waals surface area contributed by atoms with Crippen molar-refractivity contribution >= 4 is 31.2 Å². The van der Waals surface area contributed by atoms with Crippen LogP contribution in [0.5, 0.6) is 0 Å². The number of nitrogens with zero attached hydrogens (tertiary/aromatic N) is 2. The first-order valence-corrected chi connectivity index (χ1v) is 7.06. The van der Waals surface area contributed by atoms with Crippen LogP contribution in [0.1, 0.15) is 6.42 Å².